The average Bonchev–Trinajstić information content (AvgIpc) is 2.78. The zero-order chi connectivity index (χ0) is 25.0. The van der Waals surface area contributed by atoms with Gasteiger partial charge in [0, 0.05) is 18.8 Å². The zero-order valence-corrected chi connectivity index (χ0v) is 19.3. The van der Waals surface area contributed by atoms with Crippen LogP contribution in [-0.2, 0) is 19.6 Å². The van der Waals surface area contributed by atoms with Crippen LogP contribution in [0.2, 0.25) is 0 Å². The minimum atomic E-state index is -4.18. The van der Waals surface area contributed by atoms with E-state index >= 15 is 0 Å². The molecule has 34 heavy (non-hydrogen) atoms. The fourth-order valence-corrected chi connectivity index (χ4v) is 4.89. The Morgan fingerprint density at radius 1 is 1.00 bits per heavy atom. The van der Waals surface area contributed by atoms with E-state index in [2.05, 4.69) is 10.6 Å². The van der Waals surface area contributed by atoms with Gasteiger partial charge in [0.2, 0.25) is 15.9 Å². The molecule has 2 aromatic carbocycles. The second-order valence-electron chi connectivity index (χ2n) is 7.94. The number of anilines is 1. The van der Waals surface area contributed by atoms with Gasteiger partial charge in [-0.15, -0.1) is 0 Å². The normalized spacial score (nSPS) is 15.7. The minimum absolute atomic E-state index is 0.0322. The molecule has 0 unspecified atom stereocenters. The molecule has 2 amide bonds. The Morgan fingerprint density at radius 2 is 1.62 bits per heavy atom. The second kappa shape index (κ2) is 10.5. The van der Waals surface area contributed by atoms with Gasteiger partial charge in [0.05, 0.1) is 13.2 Å². The van der Waals surface area contributed by atoms with Crippen molar-refractivity contribution in [2.45, 2.75) is 24.8 Å². The highest BCUT2D eigenvalue weighted by atomic mass is 32.2. The van der Waals surface area contributed by atoms with Crippen molar-refractivity contribution in [3.63, 3.8) is 0 Å². The first-order valence-electron chi connectivity index (χ1n) is 10.5. The van der Waals surface area contributed by atoms with E-state index in [1.54, 1.807) is 13.8 Å². The summed E-state index contributed by atoms with van der Waals surface area (Å²) in [4.78, 5) is 24.7. The summed E-state index contributed by atoms with van der Waals surface area (Å²) in [7, 11) is -4.18. The number of amides is 2. The number of rotatable bonds is 7. The Balaban J connectivity index is 1.81. The fraction of sp³-hybridized carbons (Fsp3) is 0.364. The van der Waals surface area contributed by atoms with Crippen molar-refractivity contribution in [2.75, 3.05) is 31.6 Å². The van der Waals surface area contributed by atoms with Gasteiger partial charge in [0.1, 0.15) is 34.0 Å². The van der Waals surface area contributed by atoms with Crippen molar-refractivity contribution >= 4 is 27.5 Å². The predicted molar refractivity (Wildman–Crippen MR) is 117 cm³/mol. The molecule has 0 saturated carbocycles. The van der Waals surface area contributed by atoms with Crippen LogP contribution in [0.15, 0.2) is 41.3 Å². The molecule has 0 aliphatic carbocycles. The van der Waals surface area contributed by atoms with E-state index in [-0.39, 0.29) is 32.0 Å². The van der Waals surface area contributed by atoms with Gasteiger partial charge in [0.25, 0.3) is 5.91 Å². The van der Waals surface area contributed by atoms with E-state index in [0.717, 1.165) is 34.6 Å². The molecule has 0 spiro atoms. The van der Waals surface area contributed by atoms with Crippen LogP contribution in [0.25, 0.3) is 0 Å². The summed E-state index contributed by atoms with van der Waals surface area (Å²) in [6.45, 7) is 3.67. The molecule has 0 aromatic heterocycles. The quantitative estimate of drug-likeness (QED) is 0.609. The third-order valence-electron chi connectivity index (χ3n) is 5.21. The van der Waals surface area contributed by atoms with E-state index in [1.165, 1.54) is 6.07 Å². The topological polar surface area (TPSA) is 105 Å². The number of benzene rings is 2. The number of carbonyl (C=O) groups is 2. The summed E-state index contributed by atoms with van der Waals surface area (Å²) in [5.74, 6) is -5.57. The summed E-state index contributed by atoms with van der Waals surface area (Å²) < 4.78 is 74.2. The average molecular weight is 500 g/mol. The molecule has 0 bridgehead atoms. The van der Waals surface area contributed by atoms with Gasteiger partial charge in [-0.1, -0.05) is 19.9 Å². The lowest BCUT2D eigenvalue weighted by molar-refractivity contribution is -0.118. The van der Waals surface area contributed by atoms with Crippen LogP contribution in [0, 0.1) is 23.4 Å². The van der Waals surface area contributed by atoms with Crippen LogP contribution in [0.4, 0.5) is 18.9 Å². The van der Waals surface area contributed by atoms with E-state index < -0.39 is 61.7 Å². The van der Waals surface area contributed by atoms with Crippen LogP contribution in [0.5, 0.6) is 0 Å². The first-order valence-corrected chi connectivity index (χ1v) is 11.9. The maximum absolute atomic E-state index is 14.4. The molecule has 1 aliphatic heterocycles. The summed E-state index contributed by atoms with van der Waals surface area (Å²) in [5, 5.41) is 4.73. The fourth-order valence-electron chi connectivity index (χ4n) is 3.39. The Labute approximate surface area is 195 Å². The Morgan fingerprint density at radius 3 is 2.21 bits per heavy atom. The molecule has 0 radical (unpaired) electrons. The van der Waals surface area contributed by atoms with Crippen LogP contribution in [-0.4, -0.2) is 56.9 Å². The van der Waals surface area contributed by atoms with Crippen LogP contribution < -0.4 is 10.6 Å². The molecule has 1 atom stereocenters. The standard InChI is InChI=1S/C22H24F3N3O5S/c1-13(2)20(27-21(29)19-16(24)4-3-5-17(19)25)22(30)26-14-6-7-15(23)18(12-14)34(31,32)28-8-10-33-11-9-28/h3-7,12-13,20H,8-11H2,1-2H3,(H,26,30)(H,27,29)/t20-/m0/s1. The highest BCUT2D eigenvalue weighted by Gasteiger charge is 2.31. The van der Waals surface area contributed by atoms with Gasteiger partial charge >= 0.3 is 0 Å². The lowest BCUT2D eigenvalue weighted by Crippen LogP contribution is -2.47. The van der Waals surface area contributed by atoms with Crippen molar-refractivity contribution < 1.29 is 35.9 Å². The van der Waals surface area contributed by atoms with Crippen molar-refractivity contribution in [3.05, 3.63) is 59.4 Å². The molecule has 2 aromatic rings. The van der Waals surface area contributed by atoms with Crippen LogP contribution >= 0.6 is 0 Å². The third kappa shape index (κ3) is 5.57. The van der Waals surface area contributed by atoms with Crippen molar-refractivity contribution in [3.8, 4) is 0 Å². The summed E-state index contributed by atoms with van der Waals surface area (Å²) in [6.07, 6.45) is 0. The molecule has 8 nitrogen and oxygen atoms in total. The highest BCUT2D eigenvalue weighted by Crippen LogP contribution is 2.24. The molecule has 2 N–H and O–H groups in total. The number of halogens is 3. The van der Waals surface area contributed by atoms with Crippen LogP contribution in [0.3, 0.4) is 0 Å². The molecule has 1 fully saturated rings. The zero-order valence-electron chi connectivity index (χ0n) is 18.5. The molecular weight excluding hydrogens is 475 g/mol. The Bertz CT molecular complexity index is 1160. The maximum Gasteiger partial charge on any atom is 0.257 e. The molecule has 12 heteroatoms. The van der Waals surface area contributed by atoms with Crippen molar-refractivity contribution in [2.24, 2.45) is 5.92 Å². The number of nitrogens with zero attached hydrogens (tertiary/aromatic N) is 1. The predicted octanol–water partition coefficient (Wildman–Crippen LogP) is 2.52. The third-order valence-corrected chi connectivity index (χ3v) is 7.13. The van der Waals surface area contributed by atoms with Gasteiger partial charge in [0.15, 0.2) is 0 Å². The lowest BCUT2D eigenvalue weighted by atomic mass is 10.0. The van der Waals surface area contributed by atoms with E-state index in [4.69, 9.17) is 4.74 Å². The molecule has 184 valence electrons. The van der Waals surface area contributed by atoms with Crippen LogP contribution in [0.1, 0.15) is 24.2 Å². The first kappa shape index (κ1) is 25.7. The van der Waals surface area contributed by atoms with Gasteiger partial charge in [-0.05, 0) is 36.2 Å². The molecular formula is C22H24F3N3O5S. The largest absolute Gasteiger partial charge is 0.379 e. The monoisotopic (exact) mass is 499 g/mol. The molecule has 1 saturated heterocycles. The second-order valence-corrected chi connectivity index (χ2v) is 9.85. The Kier molecular flexibility index (Phi) is 7.95. The SMILES string of the molecule is CC(C)[C@H](NC(=O)c1c(F)cccc1F)C(=O)Nc1ccc(F)c(S(=O)(=O)N2CCOCC2)c1. The molecule has 1 aliphatic rings. The van der Waals surface area contributed by atoms with Gasteiger partial charge < -0.3 is 15.4 Å². The maximum atomic E-state index is 14.4. The molecule has 3 rings (SSSR count). The summed E-state index contributed by atoms with van der Waals surface area (Å²) in [6, 6.07) is 4.76. The number of hydrogen-bond acceptors (Lipinski definition) is 5. The minimum Gasteiger partial charge on any atom is -0.379 e. The van der Waals surface area contributed by atoms with E-state index in [9.17, 15) is 31.2 Å². The summed E-state index contributed by atoms with van der Waals surface area (Å²) in [5.41, 5.74) is -0.864. The number of hydrogen-bond donors (Lipinski definition) is 2. The number of ether oxygens (including phenoxy) is 1. The highest BCUT2D eigenvalue weighted by molar-refractivity contribution is 7.89. The number of nitrogens with one attached hydrogen (secondary N) is 2. The van der Waals surface area contributed by atoms with Gasteiger partial charge in [-0.3, -0.25) is 9.59 Å². The van der Waals surface area contributed by atoms with Crippen molar-refractivity contribution in [1.29, 1.82) is 0 Å². The van der Waals surface area contributed by atoms with Gasteiger partial charge in [-0.25, -0.2) is 21.6 Å². The smallest absolute Gasteiger partial charge is 0.257 e. The number of morpholine rings is 1. The van der Waals surface area contributed by atoms with E-state index in [1.807, 2.05) is 0 Å². The van der Waals surface area contributed by atoms with E-state index in [0.29, 0.717) is 0 Å². The first-order chi connectivity index (χ1) is 16.0. The lowest BCUT2D eigenvalue weighted by Gasteiger charge is -2.26. The van der Waals surface area contributed by atoms with Crippen molar-refractivity contribution in [1.82, 2.24) is 9.62 Å². The number of sulfonamides is 1. The van der Waals surface area contributed by atoms with Gasteiger partial charge in [-0.2, -0.15) is 4.31 Å². The molecule has 1 heterocycles. The summed E-state index contributed by atoms with van der Waals surface area (Å²) >= 11 is 0. The number of carbonyl (C=O) groups excluding carboxylic acids is 2. The Hall–Kier alpha value is -2.96.